The van der Waals surface area contributed by atoms with Crippen LogP contribution in [-0.4, -0.2) is 18.1 Å². The molecule has 0 atom stereocenters. The van der Waals surface area contributed by atoms with Gasteiger partial charge in [-0.25, -0.2) is 4.98 Å². The van der Waals surface area contributed by atoms with Crippen LogP contribution in [0.3, 0.4) is 0 Å². The van der Waals surface area contributed by atoms with E-state index < -0.39 is 0 Å². The number of carbonyl (C=O) groups is 1. The van der Waals surface area contributed by atoms with Gasteiger partial charge in [0, 0.05) is 17.5 Å². The molecule has 0 bridgehead atoms. The third-order valence-electron chi connectivity index (χ3n) is 2.51. The Bertz CT molecular complexity index is 551. The van der Waals surface area contributed by atoms with Crippen LogP contribution < -0.4 is 5.73 Å². The van der Waals surface area contributed by atoms with E-state index in [0.717, 1.165) is 21.8 Å². The Morgan fingerprint density at radius 3 is 3.06 bits per heavy atom. The van der Waals surface area contributed by atoms with Crippen LogP contribution in [0, 0.1) is 0 Å². The molecule has 1 heterocycles. The van der Waals surface area contributed by atoms with Crippen LogP contribution in [0.15, 0.2) is 29.6 Å². The highest BCUT2D eigenvalue weighted by atomic mass is 32.1. The lowest BCUT2D eigenvalue weighted by Gasteiger charge is -2.00. The molecular weight excluding hydrogens is 248 g/mol. The van der Waals surface area contributed by atoms with Gasteiger partial charge in [-0.2, -0.15) is 0 Å². The number of methoxy groups -OCH3 is 1. The molecule has 18 heavy (non-hydrogen) atoms. The molecule has 94 valence electrons. The number of aromatic nitrogens is 1. The topological polar surface area (TPSA) is 65.2 Å². The van der Waals surface area contributed by atoms with Crippen LogP contribution in [0.2, 0.25) is 0 Å². The predicted octanol–water partition coefficient (Wildman–Crippen LogP) is 1.98. The van der Waals surface area contributed by atoms with Gasteiger partial charge in [0.25, 0.3) is 0 Å². The van der Waals surface area contributed by atoms with Crippen molar-refractivity contribution in [1.29, 1.82) is 0 Å². The number of hydrogen-bond acceptors (Lipinski definition) is 5. The Labute approximate surface area is 109 Å². The maximum atomic E-state index is 11.2. The second-order valence-corrected chi connectivity index (χ2v) is 4.66. The van der Waals surface area contributed by atoms with Crippen molar-refractivity contribution in [2.45, 2.75) is 13.0 Å². The van der Waals surface area contributed by atoms with E-state index in [9.17, 15) is 4.79 Å². The van der Waals surface area contributed by atoms with Crippen molar-refractivity contribution >= 4 is 17.3 Å². The summed E-state index contributed by atoms with van der Waals surface area (Å²) < 4.78 is 4.61. The fourth-order valence-electron chi connectivity index (χ4n) is 1.57. The van der Waals surface area contributed by atoms with Gasteiger partial charge in [0.2, 0.25) is 0 Å². The van der Waals surface area contributed by atoms with Gasteiger partial charge in [0.05, 0.1) is 19.2 Å². The Morgan fingerprint density at radius 2 is 2.33 bits per heavy atom. The average molecular weight is 262 g/mol. The zero-order valence-electron chi connectivity index (χ0n) is 10.1. The molecular formula is C13H14N2O2S. The summed E-state index contributed by atoms with van der Waals surface area (Å²) in [6.45, 7) is 0.508. The largest absolute Gasteiger partial charge is 0.469 e. The zero-order valence-corrected chi connectivity index (χ0v) is 10.9. The lowest BCUT2D eigenvalue weighted by atomic mass is 10.1. The minimum atomic E-state index is -0.275. The zero-order chi connectivity index (χ0) is 13.0. The first-order valence-corrected chi connectivity index (χ1v) is 6.41. The summed E-state index contributed by atoms with van der Waals surface area (Å²) in [5.41, 5.74) is 8.44. The first-order valence-electron chi connectivity index (χ1n) is 5.53. The number of thiazole rings is 1. The Hall–Kier alpha value is -1.72. The van der Waals surface area contributed by atoms with Crippen LogP contribution in [-0.2, 0) is 22.5 Å². The predicted molar refractivity (Wildman–Crippen MR) is 71.2 cm³/mol. The minimum absolute atomic E-state index is 0.212. The number of ether oxygens (including phenoxy) is 1. The molecule has 0 saturated heterocycles. The molecule has 0 saturated carbocycles. The van der Waals surface area contributed by atoms with Crippen molar-refractivity contribution in [3.63, 3.8) is 0 Å². The van der Waals surface area contributed by atoms with Crippen molar-refractivity contribution in [2.75, 3.05) is 7.11 Å². The molecule has 0 spiro atoms. The van der Waals surface area contributed by atoms with Gasteiger partial charge in [0.15, 0.2) is 0 Å². The maximum absolute atomic E-state index is 11.2. The maximum Gasteiger partial charge on any atom is 0.311 e. The second kappa shape index (κ2) is 5.75. The minimum Gasteiger partial charge on any atom is -0.469 e. The number of rotatable bonds is 4. The molecule has 0 aliphatic carbocycles. The van der Waals surface area contributed by atoms with Crippen LogP contribution in [0.5, 0.6) is 0 Å². The third-order valence-corrected chi connectivity index (χ3v) is 3.45. The van der Waals surface area contributed by atoms with E-state index in [2.05, 4.69) is 9.72 Å². The number of esters is 1. The SMILES string of the molecule is COC(=O)Cc1csc(-c2cccc(CN)c2)n1. The van der Waals surface area contributed by atoms with Gasteiger partial charge in [0.1, 0.15) is 5.01 Å². The quantitative estimate of drug-likeness (QED) is 0.856. The van der Waals surface area contributed by atoms with Gasteiger partial charge in [-0.3, -0.25) is 4.79 Å². The molecule has 0 amide bonds. The number of benzene rings is 1. The molecule has 2 rings (SSSR count). The van der Waals surface area contributed by atoms with Crippen molar-refractivity contribution in [1.82, 2.24) is 4.98 Å². The van der Waals surface area contributed by atoms with Gasteiger partial charge in [-0.05, 0) is 11.6 Å². The van der Waals surface area contributed by atoms with Crippen molar-refractivity contribution in [2.24, 2.45) is 5.73 Å². The summed E-state index contributed by atoms with van der Waals surface area (Å²) in [5, 5.41) is 2.77. The average Bonchev–Trinajstić information content (AvgIpc) is 2.87. The van der Waals surface area contributed by atoms with E-state index in [0.29, 0.717) is 6.54 Å². The van der Waals surface area contributed by atoms with Crippen LogP contribution in [0.1, 0.15) is 11.3 Å². The highest BCUT2D eigenvalue weighted by molar-refractivity contribution is 7.13. The lowest BCUT2D eigenvalue weighted by Crippen LogP contribution is -2.04. The highest BCUT2D eigenvalue weighted by Gasteiger charge is 2.09. The van der Waals surface area contributed by atoms with Crippen molar-refractivity contribution < 1.29 is 9.53 Å². The molecule has 1 aromatic heterocycles. The normalized spacial score (nSPS) is 10.3. The third kappa shape index (κ3) is 2.94. The first kappa shape index (κ1) is 12.7. The van der Waals surface area contributed by atoms with Crippen LogP contribution in [0.25, 0.3) is 10.6 Å². The van der Waals surface area contributed by atoms with Crippen LogP contribution >= 0.6 is 11.3 Å². The van der Waals surface area contributed by atoms with Gasteiger partial charge in [-0.15, -0.1) is 11.3 Å². The first-order chi connectivity index (χ1) is 8.72. The number of nitrogens with zero attached hydrogens (tertiary/aromatic N) is 1. The summed E-state index contributed by atoms with van der Waals surface area (Å²) >= 11 is 1.51. The molecule has 5 heteroatoms. The second-order valence-electron chi connectivity index (χ2n) is 3.80. The summed E-state index contributed by atoms with van der Waals surface area (Å²) in [7, 11) is 1.38. The fourth-order valence-corrected chi connectivity index (χ4v) is 2.39. The Balaban J connectivity index is 2.20. The van der Waals surface area contributed by atoms with E-state index in [-0.39, 0.29) is 12.4 Å². The summed E-state index contributed by atoms with van der Waals surface area (Å²) in [6.07, 6.45) is 0.212. The summed E-state index contributed by atoms with van der Waals surface area (Å²) in [6, 6.07) is 7.94. The fraction of sp³-hybridized carbons (Fsp3) is 0.231. The van der Waals surface area contributed by atoms with Crippen LogP contribution in [0.4, 0.5) is 0 Å². The molecule has 0 fully saturated rings. The molecule has 0 aliphatic rings. The van der Waals surface area contributed by atoms with E-state index in [1.165, 1.54) is 18.4 Å². The summed E-state index contributed by atoms with van der Waals surface area (Å²) in [4.78, 5) is 15.6. The Morgan fingerprint density at radius 1 is 1.50 bits per heavy atom. The van der Waals surface area contributed by atoms with E-state index in [1.54, 1.807) is 0 Å². The Kier molecular flexibility index (Phi) is 4.07. The summed E-state index contributed by atoms with van der Waals surface area (Å²) in [5.74, 6) is -0.275. The molecule has 2 N–H and O–H groups in total. The molecule has 4 nitrogen and oxygen atoms in total. The standard InChI is InChI=1S/C13H14N2O2S/c1-17-12(16)6-11-8-18-13(15-11)10-4-2-3-9(5-10)7-14/h2-5,8H,6-7,14H2,1H3. The molecule has 0 radical (unpaired) electrons. The number of nitrogens with two attached hydrogens (primary N) is 1. The van der Waals surface area contributed by atoms with E-state index in [4.69, 9.17) is 5.73 Å². The van der Waals surface area contributed by atoms with Crippen molar-refractivity contribution in [3.8, 4) is 10.6 Å². The highest BCUT2D eigenvalue weighted by Crippen LogP contribution is 2.24. The monoisotopic (exact) mass is 262 g/mol. The molecule has 1 aromatic carbocycles. The van der Waals surface area contributed by atoms with Crippen molar-refractivity contribution in [3.05, 3.63) is 40.9 Å². The van der Waals surface area contributed by atoms with Gasteiger partial charge >= 0.3 is 5.97 Å². The number of carbonyl (C=O) groups excluding carboxylic acids is 1. The van der Waals surface area contributed by atoms with Gasteiger partial charge in [-0.1, -0.05) is 18.2 Å². The van der Waals surface area contributed by atoms with Gasteiger partial charge < -0.3 is 10.5 Å². The molecule has 0 aliphatic heterocycles. The molecule has 0 unspecified atom stereocenters. The molecule has 2 aromatic rings. The lowest BCUT2D eigenvalue weighted by molar-refractivity contribution is -0.139. The number of hydrogen-bond donors (Lipinski definition) is 1. The smallest absolute Gasteiger partial charge is 0.311 e. The van der Waals surface area contributed by atoms with E-state index in [1.807, 2.05) is 29.6 Å². The van der Waals surface area contributed by atoms with E-state index >= 15 is 0 Å².